The van der Waals surface area contributed by atoms with Crippen LogP contribution in [0.15, 0.2) is 29.4 Å². The van der Waals surface area contributed by atoms with Gasteiger partial charge >= 0.3 is 0 Å². The first kappa shape index (κ1) is 21.9. The molecule has 1 aromatic heterocycles. The number of thioether (sulfide) groups is 1. The Balaban J connectivity index is 2.08. The van der Waals surface area contributed by atoms with Gasteiger partial charge in [-0.25, -0.2) is 0 Å². The zero-order valence-electron chi connectivity index (χ0n) is 17.0. The summed E-state index contributed by atoms with van der Waals surface area (Å²) in [7, 11) is 4.26. The Bertz CT molecular complexity index is 826. The molecule has 1 heterocycles. The van der Waals surface area contributed by atoms with E-state index in [1.807, 2.05) is 0 Å². The molecule has 1 atom stereocenters. The highest BCUT2D eigenvalue weighted by Gasteiger charge is 2.24. The molecule has 0 radical (unpaired) electrons. The van der Waals surface area contributed by atoms with Crippen LogP contribution in [0.25, 0.3) is 0 Å². The summed E-state index contributed by atoms with van der Waals surface area (Å²) in [6.07, 6.45) is 3.11. The van der Waals surface area contributed by atoms with Crippen LogP contribution in [0.1, 0.15) is 50.5 Å². The molecule has 0 bridgehead atoms. The molecule has 0 aliphatic rings. The normalized spacial score (nSPS) is 12.0. The maximum atomic E-state index is 12.3. The van der Waals surface area contributed by atoms with Gasteiger partial charge in [-0.05, 0) is 24.6 Å². The molecule has 8 heteroatoms. The maximum absolute atomic E-state index is 12.3. The average molecular weight is 402 g/mol. The lowest BCUT2D eigenvalue weighted by Crippen LogP contribution is -3.06. The lowest BCUT2D eigenvalue weighted by molar-refractivity contribution is -0.893. The van der Waals surface area contributed by atoms with Crippen molar-refractivity contribution in [2.75, 3.05) is 25.2 Å². The molecule has 2 rings (SSSR count). The van der Waals surface area contributed by atoms with Gasteiger partial charge in [-0.15, -0.1) is 10.2 Å². The highest BCUT2D eigenvalue weighted by molar-refractivity contribution is 7.99. The van der Waals surface area contributed by atoms with E-state index in [9.17, 15) is 4.79 Å². The average Bonchev–Trinajstić information content (AvgIpc) is 3.07. The van der Waals surface area contributed by atoms with Crippen LogP contribution < -0.4 is 10.2 Å². The fourth-order valence-corrected chi connectivity index (χ4v) is 3.81. The van der Waals surface area contributed by atoms with Gasteiger partial charge in [0.25, 0.3) is 0 Å². The molecule has 0 aliphatic carbocycles. The van der Waals surface area contributed by atoms with E-state index in [2.05, 4.69) is 54.1 Å². The molecule has 150 valence electrons. The number of nitrogens with zero attached hydrogens (tertiary/aromatic N) is 4. The van der Waals surface area contributed by atoms with Crippen molar-refractivity contribution in [3.8, 4) is 6.07 Å². The second kappa shape index (κ2) is 10.8. The molecule has 7 nitrogen and oxygen atoms in total. The molecular weight excluding hydrogens is 372 g/mol. The number of amides is 1. The molecule has 2 aromatic rings. The number of carbonyl (C=O) groups is 1. The number of quaternary nitrogens is 1. The zero-order valence-corrected chi connectivity index (χ0v) is 17.8. The Hall–Kier alpha value is -2.37. The molecular formula is C20H29N6OS+. The number of nitriles is 1. The molecule has 0 saturated heterocycles. The van der Waals surface area contributed by atoms with Gasteiger partial charge in [0.05, 0.1) is 31.5 Å². The van der Waals surface area contributed by atoms with E-state index in [1.54, 1.807) is 24.3 Å². The van der Waals surface area contributed by atoms with Gasteiger partial charge in [-0.1, -0.05) is 38.1 Å². The maximum Gasteiger partial charge on any atom is 0.234 e. The molecule has 0 saturated carbocycles. The van der Waals surface area contributed by atoms with E-state index in [4.69, 9.17) is 5.26 Å². The third-order valence-corrected chi connectivity index (χ3v) is 5.47. The quantitative estimate of drug-likeness (QED) is 0.596. The number of unbranched alkanes of at least 4 members (excludes halogenated alkanes) is 1. The fourth-order valence-electron chi connectivity index (χ4n) is 3.03. The largest absolute Gasteiger partial charge is 0.331 e. The summed E-state index contributed by atoms with van der Waals surface area (Å²) < 4.78 is 2.17. The van der Waals surface area contributed by atoms with Crippen molar-refractivity contribution < 1.29 is 9.69 Å². The summed E-state index contributed by atoms with van der Waals surface area (Å²) >= 11 is 1.40. The first-order valence-corrected chi connectivity index (χ1v) is 10.6. The summed E-state index contributed by atoms with van der Waals surface area (Å²) in [5, 5.41) is 21.4. The van der Waals surface area contributed by atoms with Gasteiger partial charge in [-0.3, -0.25) is 4.79 Å². The number of nitrogens with one attached hydrogen (secondary N) is 2. The van der Waals surface area contributed by atoms with Crippen LogP contribution in [0.3, 0.4) is 0 Å². The molecule has 0 fully saturated rings. The van der Waals surface area contributed by atoms with Gasteiger partial charge in [-0.2, -0.15) is 5.26 Å². The van der Waals surface area contributed by atoms with Crippen molar-refractivity contribution in [3.05, 3.63) is 35.7 Å². The van der Waals surface area contributed by atoms with Gasteiger partial charge in [0.2, 0.25) is 5.91 Å². The number of benzene rings is 1. The number of carbonyl (C=O) groups excluding carboxylic acids is 1. The summed E-state index contributed by atoms with van der Waals surface area (Å²) in [6, 6.07) is 9.25. The van der Waals surface area contributed by atoms with Crippen molar-refractivity contribution in [2.45, 2.75) is 50.9 Å². The first-order valence-electron chi connectivity index (χ1n) is 9.66. The Morgan fingerprint density at radius 3 is 2.79 bits per heavy atom. The van der Waals surface area contributed by atoms with Crippen LogP contribution in [0.5, 0.6) is 0 Å². The molecule has 28 heavy (non-hydrogen) atoms. The van der Waals surface area contributed by atoms with Crippen LogP contribution in [-0.2, 0) is 11.3 Å². The Kier molecular flexibility index (Phi) is 8.48. The Morgan fingerprint density at radius 1 is 1.36 bits per heavy atom. The fraction of sp³-hybridized carbons (Fsp3) is 0.500. The highest BCUT2D eigenvalue weighted by atomic mass is 32.2. The molecule has 0 aliphatic heterocycles. The van der Waals surface area contributed by atoms with Crippen LogP contribution in [0.2, 0.25) is 0 Å². The minimum Gasteiger partial charge on any atom is -0.331 e. The predicted molar refractivity (Wildman–Crippen MR) is 111 cm³/mol. The third-order valence-electron chi connectivity index (χ3n) is 4.51. The van der Waals surface area contributed by atoms with Crippen molar-refractivity contribution >= 4 is 23.4 Å². The predicted octanol–water partition coefficient (Wildman–Crippen LogP) is 2.28. The number of rotatable bonds is 10. The van der Waals surface area contributed by atoms with Gasteiger partial charge < -0.3 is 14.8 Å². The minimum atomic E-state index is -0.128. The van der Waals surface area contributed by atoms with Crippen LogP contribution in [0, 0.1) is 11.3 Å². The topological polar surface area (TPSA) is 88.0 Å². The zero-order chi connectivity index (χ0) is 20.5. The number of aromatic nitrogens is 3. The molecule has 2 N–H and O–H groups in total. The van der Waals surface area contributed by atoms with E-state index in [0.717, 1.165) is 36.8 Å². The van der Waals surface area contributed by atoms with Gasteiger partial charge in [0, 0.05) is 18.7 Å². The second-order valence-electron chi connectivity index (χ2n) is 6.91. The number of hydrogen-bond acceptors (Lipinski definition) is 5. The lowest BCUT2D eigenvalue weighted by atomic mass is 10.2. The van der Waals surface area contributed by atoms with Crippen molar-refractivity contribution in [3.63, 3.8) is 0 Å². The lowest BCUT2D eigenvalue weighted by Gasteiger charge is -2.20. The van der Waals surface area contributed by atoms with Crippen molar-refractivity contribution in [2.24, 2.45) is 0 Å². The standard InChI is InChI=1S/C20H28N6OS/c1-5-7-11-26-19(17(6-2)25(3)4)23-24-20(26)28-14-18(27)22-16-10-8-9-15(12-16)13-21/h8-10,12,17H,5-7,11,14H2,1-4H3,(H,22,27)/p+1/t17-/m1/s1. The third kappa shape index (κ3) is 5.81. The van der Waals surface area contributed by atoms with E-state index < -0.39 is 0 Å². The monoisotopic (exact) mass is 401 g/mol. The molecule has 1 aromatic carbocycles. The van der Waals surface area contributed by atoms with E-state index >= 15 is 0 Å². The highest BCUT2D eigenvalue weighted by Crippen LogP contribution is 2.22. The van der Waals surface area contributed by atoms with Gasteiger partial charge in [0.15, 0.2) is 11.0 Å². The summed E-state index contributed by atoms with van der Waals surface area (Å²) in [4.78, 5) is 13.7. The van der Waals surface area contributed by atoms with E-state index in [1.165, 1.54) is 16.7 Å². The molecule has 0 unspecified atom stereocenters. The van der Waals surface area contributed by atoms with E-state index in [0.29, 0.717) is 11.3 Å². The molecule has 0 spiro atoms. The minimum absolute atomic E-state index is 0.128. The van der Waals surface area contributed by atoms with Crippen LogP contribution in [-0.4, -0.2) is 40.5 Å². The van der Waals surface area contributed by atoms with Gasteiger partial charge in [0.1, 0.15) is 6.04 Å². The number of anilines is 1. The van der Waals surface area contributed by atoms with Crippen LogP contribution >= 0.6 is 11.8 Å². The van der Waals surface area contributed by atoms with Crippen molar-refractivity contribution in [1.82, 2.24) is 14.8 Å². The smallest absolute Gasteiger partial charge is 0.234 e. The second-order valence-corrected chi connectivity index (χ2v) is 7.86. The summed E-state index contributed by atoms with van der Waals surface area (Å²) in [5.74, 6) is 1.10. The Morgan fingerprint density at radius 2 is 2.14 bits per heavy atom. The SMILES string of the molecule is CCCCn1c(SCC(=O)Nc2cccc(C#N)c2)nnc1[C@@H](CC)[NH+](C)C. The first-order chi connectivity index (χ1) is 13.5. The van der Waals surface area contributed by atoms with Crippen molar-refractivity contribution in [1.29, 1.82) is 5.26 Å². The molecule has 1 amide bonds. The number of hydrogen-bond donors (Lipinski definition) is 2. The Labute approximate surface area is 171 Å². The summed E-state index contributed by atoms with van der Waals surface area (Å²) in [5.41, 5.74) is 1.14. The van der Waals surface area contributed by atoms with Crippen LogP contribution in [0.4, 0.5) is 5.69 Å². The van der Waals surface area contributed by atoms with E-state index in [-0.39, 0.29) is 17.7 Å². The summed E-state index contributed by atoms with van der Waals surface area (Å²) in [6.45, 7) is 5.18.